The highest BCUT2D eigenvalue weighted by atomic mass is 32.2. The van der Waals surface area contributed by atoms with Crippen molar-refractivity contribution in [1.82, 2.24) is 0 Å². The highest BCUT2D eigenvalue weighted by Gasteiger charge is 2.17. The molecule has 0 heterocycles. The molecule has 0 spiro atoms. The Hall–Kier alpha value is -1.09. The van der Waals surface area contributed by atoms with E-state index in [1.165, 1.54) is 0 Å². The van der Waals surface area contributed by atoms with Gasteiger partial charge in [0.25, 0.3) is 0 Å². The van der Waals surface area contributed by atoms with E-state index < -0.39 is 10.8 Å². The smallest absolute Gasteiger partial charge is 0.0826 e. The molecule has 2 nitrogen and oxygen atoms in total. The molecule has 1 unspecified atom stereocenters. The van der Waals surface area contributed by atoms with Crippen LogP contribution in [-0.2, 0) is 10.8 Å². The van der Waals surface area contributed by atoms with Gasteiger partial charge in [-0.15, -0.1) is 0 Å². The third kappa shape index (κ3) is 2.19. The average molecular weight is 235 g/mol. The number of hydrogen-bond acceptors (Lipinski definition) is 2. The molecule has 0 saturated heterocycles. The second-order valence-corrected chi connectivity index (χ2v) is 5.70. The van der Waals surface area contributed by atoms with Crippen LogP contribution in [-0.4, -0.2) is 18.3 Å². The molecule has 86 valence electrons. The van der Waals surface area contributed by atoms with Crippen molar-refractivity contribution < 1.29 is 4.21 Å². The molecule has 0 saturated carbocycles. The van der Waals surface area contributed by atoms with Crippen molar-refractivity contribution in [2.24, 2.45) is 0 Å². The minimum absolute atomic E-state index is 0.931. The lowest BCUT2D eigenvalue weighted by molar-refractivity contribution is 0.685. The summed E-state index contributed by atoms with van der Waals surface area (Å²) >= 11 is 0. The van der Waals surface area contributed by atoms with E-state index in [1.807, 2.05) is 43.3 Å². The summed E-state index contributed by atoms with van der Waals surface area (Å²) in [6.07, 6.45) is 5.33. The Morgan fingerprint density at radius 1 is 1.25 bits per heavy atom. The lowest BCUT2D eigenvalue weighted by atomic mass is 10.3. The summed E-state index contributed by atoms with van der Waals surface area (Å²) in [6, 6.07) is 7.92. The van der Waals surface area contributed by atoms with Gasteiger partial charge in [-0.1, -0.05) is 18.2 Å². The lowest BCUT2D eigenvalue weighted by Gasteiger charge is -2.17. The van der Waals surface area contributed by atoms with E-state index in [-0.39, 0.29) is 0 Å². The van der Waals surface area contributed by atoms with Crippen molar-refractivity contribution in [1.29, 1.82) is 0 Å². The third-order valence-electron chi connectivity index (χ3n) is 2.78. The van der Waals surface area contributed by atoms with Crippen LogP contribution in [0.15, 0.2) is 40.1 Å². The summed E-state index contributed by atoms with van der Waals surface area (Å²) < 4.78 is 12.4. The van der Waals surface area contributed by atoms with E-state index in [4.69, 9.17) is 0 Å². The lowest BCUT2D eigenvalue weighted by Crippen LogP contribution is -2.12. The number of benzene rings is 1. The second-order valence-electron chi connectivity index (χ2n) is 4.19. The third-order valence-corrected chi connectivity index (χ3v) is 4.38. The van der Waals surface area contributed by atoms with Gasteiger partial charge in [-0.05, 0) is 31.4 Å². The fourth-order valence-corrected chi connectivity index (χ4v) is 3.46. The number of para-hydroxylation sites is 1. The van der Waals surface area contributed by atoms with E-state index in [9.17, 15) is 4.21 Å². The molecular formula is C13H17NOS. The normalized spacial score (nSPS) is 17.0. The van der Waals surface area contributed by atoms with Gasteiger partial charge in [-0.25, -0.2) is 4.21 Å². The Kier molecular flexibility index (Phi) is 3.44. The van der Waals surface area contributed by atoms with Crippen LogP contribution in [0.4, 0.5) is 5.69 Å². The van der Waals surface area contributed by atoms with Crippen molar-refractivity contribution in [3.8, 4) is 0 Å². The minimum atomic E-state index is -0.971. The molecule has 0 aromatic heterocycles. The van der Waals surface area contributed by atoms with E-state index in [0.717, 1.165) is 34.8 Å². The van der Waals surface area contributed by atoms with Gasteiger partial charge < -0.3 is 4.90 Å². The molecule has 1 aliphatic rings. The number of nitrogens with zero attached hydrogens (tertiary/aromatic N) is 1. The van der Waals surface area contributed by atoms with E-state index in [2.05, 4.69) is 6.08 Å². The summed E-state index contributed by atoms with van der Waals surface area (Å²) in [4.78, 5) is 4.04. The Balaban J connectivity index is 2.36. The highest BCUT2D eigenvalue weighted by Crippen LogP contribution is 2.30. The standard InChI is InChI=1S/C13H17NOS/c1-14(2)12-9-5-6-10-13(12)16(15)11-7-3-4-8-11/h5-7,9-10H,3-4,8H2,1-2H3. The minimum Gasteiger partial charge on any atom is -0.377 e. The summed E-state index contributed by atoms with van der Waals surface area (Å²) in [6.45, 7) is 0. The molecule has 2 rings (SSSR count). The number of anilines is 1. The van der Waals surface area contributed by atoms with Crippen LogP contribution in [0, 0.1) is 0 Å². The maximum Gasteiger partial charge on any atom is 0.0826 e. The number of hydrogen-bond donors (Lipinski definition) is 0. The summed E-state index contributed by atoms with van der Waals surface area (Å²) in [5.41, 5.74) is 1.05. The summed E-state index contributed by atoms with van der Waals surface area (Å²) in [5.74, 6) is 0. The number of rotatable bonds is 3. The Morgan fingerprint density at radius 3 is 2.62 bits per heavy atom. The molecule has 0 aliphatic heterocycles. The fourth-order valence-electron chi connectivity index (χ4n) is 1.93. The Labute approximate surface area is 99.4 Å². The zero-order valence-corrected chi connectivity index (χ0v) is 10.6. The molecule has 0 N–H and O–H groups in total. The second kappa shape index (κ2) is 4.83. The zero-order valence-electron chi connectivity index (χ0n) is 9.77. The molecule has 0 bridgehead atoms. The van der Waals surface area contributed by atoms with Crippen LogP contribution < -0.4 is 4.90 Å². The van der Waals surface area contributed by atoms with Crippen molar-refractivity contribution in [2.75, 3.05) is 19.0 Å². The first-order chi connectivity index (χ1) is 7.70. The van der Waals surface area contributed by atoms with E-state index >= 15 is 0 Å². The predicted octanol–water partition coefficient (Wildman–Crippen LogP) is 2.93. The first kappa shape index (κ1) is 11.4. The fraction of sp³-hybridized carbons (Fsp3) is 0.385. The van der Waals surface area contributed by atoms with Gasteiger partial charge in [0.05, 0.1) is 21.4 Å². The SMILES string of the molecule is CN(C)c1ccccc1S(=O)C1=CCCC1. The van der Waals surface area contributed by atoms with Crippen LogP contribution in [0.1, 0.15) is 19.3 Å². The highest BCUT2D eigenvalue weighted by molar-refractivity contribution is 7.89. The molecule has 3 heteroatoms. The largest absolute Gasteiger partial charge is 0.377 e. The van der Waals surface area contributed by atoms with Crippen molar-refractivity contribution in [2.45, 2.75) is 24.2 Å². The molecular weight excluding hydrogens is 218 g/mol. The van der Waals surface area contributed by atoms with Crippen LogP contribution in [0.5, 0.6) is 0 Å². The van der Waals surface area contributed by atoms with Crippen molar-refractivity contribution in [3.63, 3.8) is 0 Å². The van der Waals surface area contributed by atoms with Gasteiger partial charge in [0, 0.05) is 19.0 Å². The van der Waals surface area contributed by atoms with Gasteiger partial charge in [0.15, 0.2) is 0 Å². The first-order valence-electron chi connectivity index (χ1n) is 5.57. The maximum absolute atomic E-state index is 12.4. The molecule has 1 atom stereocenters. The molecule has 1 aromatic rings. The topological polar surface area (TPSA) is 20.3 Å². The summed E-state index contributed by atoms with van der Waals surface area (Å²) in [7, 11) is 3.00. The number of allylic oxidation sites excluding steroid dienone is 2. The van der Waals surface area contributed by atoms with Gasteiger partial charge in [-0.2, -0.15) is 0 Å². The molecule has 1 aliphatic carbocycles. The molecule has 1 aromatic carbocycles. The summed E-state index contributed by atoms with van der Waals surface area (Å²) in [5, 5.41) is 0. The zero-order chi connectivity index (χ0) is 11.5. The maximum atomic E-state index is 12.4. The molecule has 0 fully saturated rings. The van der Waals surface area contributed by atoms with Crippen molar-refractivity contribution >= 4 is 16.5 Å². The van der Waals surface area contributed by atoms with Crippen LogP contribution >= 0.6 is 0 Å². The van der Waals surface area contributed by atoms with Crippen LogP contribution in [0.2, 0.25) is 0 Å². The van der Waals surface area contributed by atoms with Crippen LogP contribution in [0.3, 0.4) is 0 Å². The van der Waals surface area contributed by atoms with Gasteiger partial charge in [0.1, 0.15) is 0 Å². The van der Waals surface area contributed by atoms with Crippen molar-refractivity contribution in [3.05, 3.63) is 35.2 Å². The average Bonchev–Trinajstić information content (AvgIpc) is 2.81. The van der Waals surface area contributed by atoms with E-state index in [0.29, 0.717) is 0 Å². The quantitative estimate of drug-likeness (QED) is 0.803. The first-order valence-corrected chi connectivity index (χ1v) is 6.72. The monoisotopic (exact) mass is 235 g/mol. The van der Waals surface area contributed by atoms with Gasteiger partial charge >= 0.3 is 0 Å². The van der Waals surface area contributed by atoms with E-state index in [1.54, 1.807) is 0 Å². The Bertz CT molecular complexity index is 437. The molecule has 16 heavy (non-hydrogen) atoms. The Morgan fingerprint density at radius 2 is 2.00 bits per heavy atom. The molecule has 0 amide bonds. The van der Waals surface area contributed by atoms with Crippen LogP contribution in [0.25, 0.3) is 0 Å². The van der Waals surface area contributed by atoms with Gasteiger partial charge in [-0.3, -0.25) is 0 Å². The van der Waals surface area contributed by atoms with Gasteiger partial charge in [0.2, 0.25) is 0 Å². The predicted molar refractivity (Wildman–Crippen MR) is 69.1 cm³/mol. The molecule has 0 radical (unpaired) electrons.